The quantitative estimate of drug-likeness (QED) is 0.487. The number of fused-ring (bicyclic) bond motifs is 2. The number of hydrogen-bond acceptors (Lipinski definition) is 5. The maximum absolute atomic E-state index is 14.8. The number of nitrogens with one attached hydrogen (secondary N) is 1. The molecule has 0 aliphatic carbocycles. The fourth-order valence-electron chi connectivity index (χ4n) is 3.26. The summed E-state index contributed by atoms with van der Waals surface area (Å²) in [5.74, 6) is -2.97. The van der Waals surface area contributed by atoms with E-state index in [1.807, 2.05) is 17.5 Å². The lowest BCUT2D eigenvalue weighted by Crippen LogP contribution is -2.17. The van der Waals surface area contributed by atoms with Crippen molar-refractivity contribution in [2.45, 2.75) is 6.54 Å². The number of halogens is 3. The number of rotatable bonds is 3. The highest BCUT2D eigenvalue weighted by molar-refractivity contribution is 7.13. The van der Waals surface area contributed by atoms with E-state index in [0.717, 1.165) is 10.9 Å². The average Bonchev–Trinajstić information content (AvgIpc) is 3.37. The average molecular weight is 413 g/mol. The Morgan fingerprint density at radius 1 is 1.07 bits per heavy atom. The fraction of sp³-hybridized carbons (Fsp3) is 0.0526. The molecule has 0 aliphatic heterocycles. The van der Waals surface area contributed by atoms with E-state index in [4.69, 9.17) is 0 Å². The molecule has 29 heavy (non-hydrogen) atoms. The minimum absolute atomic E-state index is 0.0591. The Morgan fingerprint density at radius 2 is 1.90 bits per heavy atom. The number of imidazole rings is 1. The van der Waals surface area contributed by atoms with Crippen LogP contribution in [0, 0.1) is 17.5 Å². The Kier molecular flexibility index (Phi) is 3.95. The van der Waals surface area contributed by atoms with Crippen molar-refractivity contribution >= 4 is 33.5 Å². The SMILES string of the molecule is O=c1[nH]c2c(F)c(F)ccc2c(Cn2c(-c3cccs3)nc3nccnc32)c1F. The van der Waals surface area contributed by atoms with E-state index in [2.05, 4.69) is 19.9 Å². The summed E-state index contributed by atoms with van der Waals surface area (Å²) >= 11 is 1.42. The molecular weight excluding hydrogens is 403 g/mol. The van der Waals surface area contributed by atoms with Gasteiger partial charge in [-0.3, -0.25) is 4.79 Å². The Hall–Kier alpha value is -3.53. The summed E-state index contributed by atoms with van der Waals surface area (Å²) in [6.45, 7) is -0.167. The number of hydrogen-bond donors (Lipinski definition) is 1. The van der Waals surface area contributed by atoms with Crippen LogP contribution in [-0.4, -0.2) is 24.5 Å². The summed E-state index contributed by atoms with van der Waals surface area (Å²) in [6, 6.07) is 5.80. The van der Waals surface area contributed by atoms with Crippen molar-refractivity contribution in [2.75, 3.05) is 0 Å². The molecule has 0 aliphatic rings. The third-order valence-corrected chi connectivity index (χ3v) is 5.43. The van der Waals surface area contributed by atoms with Crippen molar-refractivity contribution in [1.82, 2.24) is 24.5 Å². The lowest BCUT2D eigenvalue weighted by atomic mass is 10.1. The van der Waals surface area contributed by atoms with E-state index in [9.17, 15) is 18.0 Å². The van der Waals surface area contributed by atoms with Crippen LogP contribution < -0.4 is 5.56 Å². The van der Waals surface area contributed by atoms with Gasteiger partial charge >= 0.3 is 0 Å². The predicted octanol–water partition coefficient (Wildman–Crippen LogP) is 3.86. The zero-order valence-electron chi connectivity index (χ0n) is 14.5. The van der Waals surface area contributed by atoms with Crippen LogP contribution in [0.5, 0.6) is 0 Å². The summed E-state index contributed by atoms with van der Waals surface area (Å²) in [7, 11) is 0. The smallest absolute Gasteiger partial charge is 0.284 e. The number of aromatic nitrogens is 5. The minimum Gasteiger partial charge on any atom is -0.317 e. The molecule has 10 heteroatoms. The largest absolute Gasteiger partial charge is 0.317 e. The van der Waals surface area contributed by atoms with E-state index in [1.165, 1.54) is 29.8 Å². The first kappa shape index (κ1) is 17.6. The molecule has 0 amide bonds. The highest BCUT2D eigenvalue weighted by atomic mass is 32.1. The van der Waals surface area contributed by atoms with E-state index in [1.54, 1.807) is 4.57 Å². The summed E-state index contributed by atoms with van der Waals surface area (Å²) < 4.78 is 44.2. The molecule has 4 heterocycles. The maximum atomic E-state index is 14.8. The van der Waals surface area contributed by atoms with Gasteiger partial charge in [-0.2, -0.15) is 0 Å². The monoisotopic (exact) mass is 413 g/mol. The van der Waals surface area contributed by atoms with Crippen LogP contribution in [0.25, 0.3) is 32.9 Å². The summed E-state index contributed by atoms with van der Waals surface area (Å²) in [6.07, 6.45) is 2.96. The van der Waals surface area contributed by atoms with Gasteiger partial charge in [-0.05, 0) is 23.6 Å². The zero-order valence-corrected chi connectivity index (χ0v) is 15.3. The number of thiophene rings is 1. The molecule has 5 rings (SSSR count). The molecule has 0 fully saturated rings. The lowest BCUT2D eigenvalue weighted by Gasteiger charge is -2.12. The van der Waals surface area contributed by atoms with Crippen LogP contribution in [-0.2, 0) is 6.54 Å². The lowest BCUT2D eigenvalue weighted by molar-refractivity contribution is 0.514. The van der Waals surface area contributed by atoms with Gasteiger partial charge in [0.25, 0.3) is 5.56 Å². The Morgan fingerprint density at radius 3 is 2.69 bits per heavy atom. The summed E-state index contributed by atoms with van der Waals surface area (Å²) in [5.41, 5.74) is -0.885. The Balaban J connectivity index is 1.80. The van der Waals surface area contributed by atoms with E-state index >= 15 is 0 Å². The second kappa shape index (κ2) is 6.52. The molecule has 144 valence electrons. The number of benzene rings is 1. The molecule has 4 aromatic heterocycles. The molecule has 0 spiro atoms. The first-order chi connectivity index (χ1) is 14.0. The van der Waals surface area contributed by atoms with Crippen LogP contribution >= 0.6 is 11.3 Å². The molecule has 5 aromatic rings. The highest BCUT2D eigenvalue weighted by Crippen LogP contribution is 2.29. The molecule has 1 N–H and O–H groups in total. The molecule has 0 atom stereocenters. The molecule has 0 saturated heterocycles. The topological polar surface area (TPSA) is 76.5 Å². The van der Waals surface area contributed by atoms with Gasteiger partial charge in [-0.25, -0.2) is 28.1 Å². The Labute approximate surface area is 164 Å². The van der Waals surface area contributed by atoms with Crippen LogP contribution in [0.2, 0.25) is 0 Å². The highest BCUT2D eigenvalue weighted by Gasteiger charge is 2.21. The third-order valence-electron chi connectivity index (χ3n) is 4.56. The van der Waals surface area contributed by atoms with Gasteiger partial charge in [0.05, 0.1) is 16.9 Å². The van der Waals surface area contributed by atoms with Crippen molar-refractivity contribution in [2.24, 2.45) is 0 Å². The van der Waals surface area contributed by atoms with Crippen molar-refractivity contribution < 1.29 is 13.2 Å². The first-order valence-corrected chi connectivity index (χ1v) is 9.32. The molecule has 0 radical (unpaired) electrons. The van der Waals surface area contributed by atoms with E-state index < -0.39 is 23.0 Å². The molecule has 0 unspecified atom stereocenters. The second-order valence-electron chi connectivity index (χ2n) is 6.23. The van der Waals surface area contributed by atoms with Crippen molar-refractivity contribution in [3.8, 4) is 10.7 Å². The summed E-state index contributed by atoms with van der Waals surface area (Å²) in [5, 5.41) is 1.92. The standard InChI is InChI=1S/C19H10F3N5OS/c20-11-4-3-9-10(13(21)19(28)25-15(9)14(11)22)8-27-17(12-2-1-7-29-12)26-16-18(27)24-6-5-23-16/h1-7H,8H2,(H,25,28). The van der Waals surface area contributed by atoms with Gasteiger partial charge in [-0.1, -0.05) is 6.07 Å². The van der Waals surface area contributed by atoms with Gasteiger partial charge in [0.15, 0.2) is 34.6 Å². The Bertz CT molecular complexity index is 1440. The normalized spacial score (nSPS) is 11.6. The van der Waals surface area contributed by atoms with Crippen LogP contribution in [0.4, 0.5) is 13.2 Å². The summed E-state index contributed by atoms with van der Waals surface area (Å²) in [4.78, 5) is 27.8. The van der Waals surface area contributed by atoms with Crippen molar-refractivity contribution in [1.29, 1.82) is 0 Å². The van der Waals surface area contributed by atoms with Crippen molar-refractivity contribution in [3.05, 3.63) is 75.4 Å². The minimum atomic E-state index is -1.24. The number of H-pyrrole nitrogens is 1. The molecule has 6 nitrogen and oxygen atoms in total. The van der Waals surface area contributed by atoms with Gasteiger partial charge in [0.2, 0.25) is 0 Å². The zero-order chi connectivity index (χ0) is 20.1. The van der Waals surface area contributed by atoms with Crippen LogP contribution in [0.3, 0.4) is 0 Å². The van der Waals surface area contributed by atoms with Gasteiger partial charge in [0.1, 0.15) is 0 Å². The second-order valence-corrected chi connectivity index (χ2v) is 7.18. The fourth-order valence-corrected chi connectivity index (χ4v) is 3.98. The van der Waals surface area contributed by atoms with Crippen LogP contribution in [0.1, 0.15) is 5.56 Å². The van der Waals surface area contributed by atoms with E-state index in [-0.39, 0.29) is 23.0 Å². The predicted molar refractivity (Wildman–Crippen MR) is 102 cm³/mol. The molecule has 0 bridgehead atoms. The van der Waals surface area contributed by atoms with Gasteiger partial charge < -0.3 is 9.55 Å². The molecular formula is C19H10F3N5OS. The molecule has 0 saturated carbocycles. The number of pyridine rings is 1. The van der Waals surface area contributed by atoms with Gasteiger partial charge in [0, 0.05) is 23.3 Å². The molecule has 1 aromatic carbocycles. The third kappa shape index (κ3) is 2.71. The van der Waals surface area contributed by atoms with Crippen LogP contribution in [0.15, 0.2) is 46.8 Å². The maximum Gasteiger partial charge on any atom is 0.284 e. The van der Waals surface area contributed by atoms with Crippen molar-refractivity contribution in [3.63, 3.8) is 0 Å². The van der Waals surface area contributed by atoms with Gasteiger partial charge in [-0.15, -0.1) is 11.3 Å². The van der Waals surface area contributed by atoms with E-state index in [0.29, 0.717) is 17.1 Å². The number of nitrogens with zero attached hydrogens (tertiary/aromatic N) is 4. The number of aromatic amines is 1. The first-order valence-electron chi connectivity index (χ1n) is 8.44.